The number of rotatable bonds is 5. The number of halogens is 2. The summed E-state index contributed by atoms with van der Waals surface area (Å²) in [4.78, 5) is 8.20. The summed E-state index contributed by atoms with van der Waals surface area (Å²) in [6, 6.07) is 13.0. The smallest absolute Gasteiger partial charge is 0.193 e. The predicted molar refractivity (Wildman–Crippen MR) is 114 cm³/mol. The second-order valence-electron chi connectivity index (χ2n) is 5.64. The zero-order valence-corrected chi connectivity index (χ0v) is 16.7. The van der Waals surface area contributed by atoms with Gasteiger partial charge in [-0.15, -0.1) is 24.0 Å². The van der Waals surface area contributed by atoms with E-state index >= 15 is 0 Å². The minimum absolute atomic E-state index is 0. The molecule has 3 aromatic rings. The lowest BCUT2D eigenvalue weighted by Crippen LogP contribution is -2.22. The van der Waals surface area contributed by atoms with Crippen LogP contribution in [0.5, 0.6) is 0 Å². The number of imidazole rings is 1. The molecule has 7 heteroatoms. The molecule has 0 saturated heterocycles. The summed E-state index contributed by atoms with van der Waals surface area (Å²) in [5.74, 6) is -0.0276. The lowest BCUT2D eigenvalue weighted by molar-refractivity contribution is 0.616. The lowest BCUT2D eigenvalue weighted by Gasteiger charge is -2.08. The molecule has 26 heavy (non-hydrogen) atoms. The average molecular weight is 465 g/mol. The highest BCUT2D eigenvalue weighted by molar-refractivity contribution is 14.0. The molecule has 0 atom stereocenters. The summed E-state index contributed by atoms with van der Waals surface area (Å²) in [5, 5.41) is 3.06. The molecule has 0 aliphatic heterocycles. The number of hydrogen-bond acceptors (Lipinski definition) is 2. The van der Waals surface area contributed by atoms with Gasteiger partial charge in [-0.05, 0) is 41.8 Å². The van der Waals surface area contributed by atoms with Crippen molar-refractivity contribution in [2.75, 3.05) is 5.32 Å². The first-order chi connectivity index (χ1) is 12.2. The summed E-state index contributed by atoms with van der Waals surface area (Å²) >= 11 is 0. The van der Waals surface area contributed by atoms with Crippen molar-refractivity contribution < 1.29 is 4.39 Å². The van der Waals surface area contributed by atoms with Gasteiger partial charge >= 0.3 is 0 Å². The van der Waals surface area contributed by atoms with Gasteiger partial charge in [-0.1, -0.05) is 25.1 Å². The normalized spacial score (nSPS) is 11.1. The molecule has 0 saturated carbocycles. The molecule has 3 rings (SSSR count). The van der Waals surface area contributed by atoms with Crippen LogP contribution in [0.2, 0.25) is 0 Å². The summed E-state index contributed by atoms with van der Waals surface area (Å²) in [6.45, 7) is 2.39. The van der Waals surface area contributed by atoms with E-state index in [0.29, 0.717) is 18.2 Å². The van der Waals surface area contributed by atoms with E-state index in [4.69, 9.17) is 5.73 Å². The number of nitrogens with two attached hydrogens (primary N) is 1. The fraction of sp³-hybridized carbons (Fsp3) is 0.158. The van der Waals surface area contributed by atoms with Gasteiger partial charge in [0, 0.05) is 18.1 Å². The number of nitrogens with zero attached hydrogens (tertiary/aromatic N) is 3. The Kier molecular flexibility index (Phi) is 7.14. The number of aryl methyl sites for hydroxylation is 1. The summed E-state index contributed by atoms with van der Waals surface area (Å²) in [7, 11) is 0. The molecule has 0 fully saturated rings. The second kappa shape index (κ2) is 9.33. The largest absolute Gasteiger partial charge is 0.370 e. The van der Waals surface area contributed by atoms with Crippen LogP contribution in [0.3, 0.4) is 0 Å². The number of guanidine groups is 1. The third-order valence-corrected chi connectivity index (χ3v) is 3.83. The van der Waals surface area contributed by atoms with Crippen molar-refractivity contribution in [3.63, 3.8) is 0 Å². The lowest BCUT2D eigenvalue weighted by atomic mass is 10.1. The van der Waals surface area contributed by atoms with Crippen molar-refractivity contribution in [3.05, 3.63) is 78.1 Å². The minimum atomic E-state index is -0.326. The van der Waals surface area contributed by atoms with Crippen LogP contribution in [0.4, 0.5) is 10.1 Å². The molecule has 0 unspecified atom stereocenters. The van der Waals surface area contributed by atoms with Crippen molar-refractivity contribution in [1.29, 1.82) is 0 Å². The Labute approximate surface area is 169 Å². The van der Waals surface area contributed by atoms with Crippen LogP contribution in [-0.2, 0) is 13.0 Å². The molecule has 2 aromatic carbocycles. The highest BCUT2D eigenvalue weighted by atomic mass is 127. The van der Waals surface area contributed by atoms with Crippen LogP contribution in [0.15, 0.2) is 66.2 Å². The van der Waals surface area contributed by atoms with E-state index in [9.17, 15) is 4.39 Å². The molecular formula is C19H21FIN5. The van der Waals surface area contributed by atoms with E-state index in [1.165, 1.54) is 11.6 Å². The molecule has 3 N–H and O–H groups in total. The molecule has 136 valence electrons. The van der Waals surface area contributed by atoms with E-state index < -0.39 is 0 Å². The number of benzene rings is 2. The maximum absolute atomic E-state index is 14.2. The van der Waals surface area contributed by atoms with E-state index in [0.717, 1.165) is 17.7 Å². The first kappa shape index (κ1) is 19.9. The Bertz CT molecular complexity index is 877. The third kappa shape index (κ3) is 5.04. The first-order valence-corrected chi connectivity index (χ1v) is 8.08. The highest BCUT2D eigenvalue weighted by Crippen LogP contribution is 2.16. The molecular weight excluding hydrogens is 444 g/mol. The quantitative estimate of drug-likeness (QED) is 0.339. The predicted octanol–water partition coefficient (Wildman–Crippen LogP) is 4.12. The van der Waals surface area contributed by atoms with Gasteiger partial charge in [0.15, 0.2) is 5.96 Å². The van der Waals surface area contributed by atoms with Crippen molar-refractivity contribution in [1.82, 2.24) is 9.55 Å². The van der Waals surface area contributed by atoms with Crippen LogP contribution < -0.4 is 11.1 Å². The molecule has 1 aromatic heterocycles. The van der Waals surface area contributed by atoms with Gasteiger partial charge in [-0.2, -0.15) is 0 Å². The average Bonchev–Trinajstić information content (AvgIpc) is 3.14. The number of nitrogens with one attached hydrogen (secondary N) is 1. The number of anilines is 1. The minimum Gasteiger partial charge on any atom is -0.370 e. The van der Waals surface area contributed by atoms with Crippen LogP contribution in [0.1, 0.15) is 18.1 Å². The maximum atomic E-state index is 14.2. The van der Waals surface area contributed by atoms with Crippen molar-refractivity contribution in [2.45, 2.75) is 19.9 Å². The molecule has 0 aliphatic carbocycles. The fourth-order valence-electron chi connectivity index (χ4n) is 2.49. The monoisotopic (exact) mass is 465 g/mol. The summed E-state index contributed by atoms with van der Waals surface area (Å²) in [6.07, 6.45) is 5.82. The van der Waals surface area contributed by atoms with E-state index in [2.05, 4.69) is 28.3 Å². The maximum Gasteiger partial charge on any atom is 0.193 e. The molecule has 0 radical (unpaired) electrons. The Balaban J connectivity index is 0.00000243. The van der Waals surface area contributed by atoms with E-state index in [-0.39, 0.29) is 29.8 Å². The molecule has 0 spiro atoms. The highest BCUT2D eigenvalue weighted by Gasteiger charge is 2.05. The van der Waals surface area contributed by atoms with Crippen LogP contribution in [0.25, 0.3) is 5.69 Å². The number of aliphatic imine (C=N–C) groups is 1. The second-order valence-corrected chi connectivity index (χ2v) is 5.64. The fourth-order valence-corrected chi connectivity index (χ4v) is 2.49. The molecule has 1 heterocycles. The molecule has 0 aliphatic rings. The van der Waals surface area contributed by atoms with Gasteiger partial charge in [-0.25, -0.2) is 14.4 Å². The summed E-state index contributed by atoms with van der Waals surface area (Å²) < 4.78 is 15.8. The van der Waals surface area contributed by atoms with Gasteiger partial charge in [0.1, 0.15) is 5.82 Å². The van der Waals surface area contributed by atoms with Gasteiger partial charge in [0.25, 0.3) is 0 Å². The van der Waals surface area contributed by atoms with E-state index in [1.807, 2.05) is 24.3 Å². The Hall–Kier alpha value is -2.42. The van der Waals surface area contributed by atoms with Crippen molar-refractivity contribution in [3.8, 4) is 5.69 Å². The van der Waals surface area contributed by atoms with Gasteiger partial charge in [-0.3, -0.25) is 0 Å². The van der Waals surface area contributed by atoms with Crippen LogP contribution in [0, 0.1) is 5.82 Å². The SMILES string of the molecule is CCc1cccc(NC(N)=NCc2ccc(-n3ccnc3)c(F)c2)c1.I. The summed E-state index contributed by atoms with van der Waals surface area (Å²) in [5.41, 5.74) is 9.23. The van der Waals surface area contributed by atoms with Gasteiger partial charge in [0.2, 0.25) is 0 Å². The topological polar surface area (TPSA) is 68.2 Å². The number of hydrogen-bond donors (Lipinski definition) is 2. The van der Waals surface area contributed by atoms with Gasteiger partial charge < -0.3 is 15.6 Å². The Morgan fingerprint density at radius 3 is 2.77 bits per heavy atom. The first-order valence-electron chi connectivity index (χ1n) is 8.08. The molecule has 5 nitrogen and oxygen atoms in total. The van der Waals surface area contributed by atoms with Gasteiger partial charge in [0.05, 0.1) is 18.6 Å². The van der Waals surface area contributed by atoms with Crippen molar-refractivity contribution in [2.24, 2.45) is 10.7 Å². The Morgan fingerprint density at radius 1 is 1.23 bits per heavy atom. The van der Waals surface area contributed by atoms with Crippen LogP contribution >= 0.6 is 24.0 Å². The molecule has 0 amide bonds. The van der Waals surface area contributed by atoms with Crippen LogP contribution in [-0.4, -0.2) is 15.5 Å². The van der Waals surface area contributed by atoms with Crippen molar-refractivity contribution >= 4 is 35.6 Å². The standard InChI is InChI=1S/C19H20FN5.HI/c1-2-14-4-3-5-16(10-14)24-19(21)23-12-15-6-7-18(17(20)11-15)25-9-8-22-13-25;/h3-11,13H,2,12H2,1H3,(H3,21,23,24);1H. The zero-order chi connectivity index (χ0) is 17.6. The third-order valence-electron chi connectivity index (χ3n) is 3.83. The number of aromatic nitrogens is 2. The molecule has 0 bridgehead atoms. The zero-order valence-electron chi connectivity index (χ0n) is 14.4. The Morgan fingerprint density at radius 2 is 2.08 bits per heavy atom. The van der Waals surface area contributed by atoms with E-state index in [1.54, 1.807) is 29.4 Å².